The Hall–Kier alpha value is -0.780. The Kier molecular flexibility index (Phi) is 4.30. The van der Waals surface area contributed by atoms with Gasteiger partial charge in [0.2, 0.25) is 5.95 Å². The second kappa shape index (κ2) is 5.07. The fraction of sp³-hybridized carbons (Fsp3) is 0.333. The molecule has 0 aromatic carbocycles. The van der Waals surface area contributed by atoms with E-state index < -0.39 is 56.5 Å². The van der Waals surface area contributed by atoms with Crippen LogP contribution < -0.4 is 0 Å². The molecular weight excluding hydrogens is 316 g/mol. The van der Waals surface area contributed by atoms with Gasteiger partial charge in [-0.2, -0.15) is 45.1 Å². The van der Waals surface area contributed by atoms with Crippen LogP contribution in [-0.4, -0.2) is 21.0 Å². The molecule has 1 heterocycles. The molecule has 0 N–H and O–H groups in total. The summed E-state index contributed by atoms with van der Waals surface area (Å²) in [6.07, 6.45) is -1.88. The topological polar surface area (TPSA) is 25.8 Å². The second-order valence-corrected chi connectivity index (χ2v) is 4.64. The van der Waals surface area contributed by atoms with Gasteiger partial charge in [0, 0.05) is 11.8 Å². The molecule has 0 fully saturated rings. The second-order valence-electron chi connectivity index (χ2n) is 2.51. The molecule has 0 spiro atoms. The maximum Gasteiger partial charge on any atom is 0.447 e. The Morgan fingerprint density at radius 1 is 0.778 bits per heavy atom. The van der Waals surface area contributed by atoms with Crippen LogP contribution in [-0.2, 0) is 0 Å². The van der Waals surface area contributed by atoms with Gasteiger partial charge in [-0.15, -0.1) is 0 Å². The van der Waals surface area contributed by atoms with Crippen molar-refractivity contribution in [2.75, 3.05) is 0 Å². The highest BCUT2D eigenvalue weighted by Gasteiger charge is 2.38. The van der Waals surface area contributed by atoms with E-state index in [1.807, 2.05) is 0 Å². The maximum absolute atomic E-state index is 12.9. The molecule has 0 saturated carbocycles. The molecule has 1 rings (SSSR count). The van der Waals surface area contributed by atoms with Crippen molar-refractivity contribution in [1.29, 1.82) is 0 Å². The van der Waals surface area contributed by atoms with Crippen molar-refractivity contribution in [1.82, 2.24) is 9.97 Å². The van der Waals surface area contributed by atoms with Gasteiger partial charge in [-0.25, -0.2) is 0 Å². The number of rotatable bonds is 2. The first kappa shape index (κ1) is 15.3. The fourth-order valence-corrected chi connectivity index (χ4v) is 2.02. The Labute approximate surface area is 102 Å². The third-order valence-electron chi connectivity index (χ3n) is 1.20. The van der Waals surface area contributed by atoms with Crippen LogP contribution in [0.1, 0.15) is 0 Å². The van der Waals surface area contributed by atoms with Gasteiger partial charge >= 0.3 is 17.1 Å². The lowest BCUT2D eigenvalue weighted by Gasteiger charge is -2.11. The van der Waals surface area contributed by atoms with E-state index in [4.69, 9.17) is 0 Å². The summed E-state index contributed by atoms with van der Waals surface area (Å²) >= 11 is -2.34. The molecule has 0 aliphatic heterocycles. The predicted molar refractivity (Wildman–Crippen MR) is 45.8 cm³/mol. The van der Waals surface area contributed by atoms with Crippen LogP contribution in [0.5, 0.6) is 0 Å². The minimum absolute atomic E-state index is 1.16. The van der Waals surface area contributed by atoms with Gasteiger partial charge in [0.1, 0.15) is 9.92 Å². The molecule has 102 valence electrons. The first-order valence-corrected chi connectivity index (χ1v) is 5.36. The standard InChI is InChI=1S/C6F8N2S2/c7-2-1(17-5(9,10)11)3(16-4(8)15-2)18-6(12,13)14. The number of halogens is 8. The smallest absolute Gasteiger partial charge is 0.194 e. The molecule has 0 bridgehead atoms. The maximum atomic E-state index is 12.9. The average Bonchev–Trinajstić information content (AvgIpc) is 2.06. The lowest BCUT2D eigenvalue weighted by molar-refractivity contribution is -0.0349. The molecule has 0 amide bonds. The number of hydrogen-bond acceptors (Lipinski definition) is 4. The molecule has 0 saturated heterocycles. The van der Waals surface area contributed by atoms with Crippen molar-refractivity contribution in [3.63, 3.8) is 0 Å². The summed E-state index contributed by atoms with van der Waals surface area (Å²) in [4.78, 5) is 3.29. The van der Waals surface area contributed by atoms with Crippen molar-refractivity contribution >= 4 is 23.5 Å². The van der Waals surface area contributed by atoms with Crippen LogP contribution >= 0.6 is 23.5 Å². The number of thioether (sulfide) groups is 2. The largest absolute Gasteiger partial charge is 0.447 e. The van der Waals surface area contributed by atoms with Gasteiger partial charge in [-0.3, -0.25) is 0 Å². The van der Waals surface area contributed by atoms with Crippen molar-refractivity contribution < 1.29 is 35.1 Å². The van der Waals surface area contributed by atoms with Crippen molar-refractivity contribution in [3.8, 4) is 0 Å². The van der Waals surface area contributed by atoms with Gasteiger partial charge in [-0.05, 0) is 11.8 Å². The molecule has 1 aromatic rings. The highest BCUT2D eigenvalue weighted by molar-refractivity contribution is 8.03. The van der Waals surface area contributed by atoms with Crippen LogP contribution in [0.25, 0.3) is 0 Å². The van der Waals surface area contributed by atoms with Gasteiger partial charge in [-0.1, -0.05) is 0 Å². The van der Waals surface area contributed by atoms with Crippen LogP contribution in [0.3, 0.4) is 0 Å². The van der Waals surface area contributed by atoms with Gasteiger partial charge in [0.15, 0.2) is 0 Å². The fourth-order valence-electron chi connectivity index (χ4n) is 0.760. The van der Waals surface area contributed by atoms with Crippen LogP contribution in [0.4, 0.5) is 35.1 Å². The zero-order valence-electron chi connectivity index (χ0n) is 7.73. The quantitative estimate of drug-likeness (QED) is 0.357. The zero-order valence-corrected chi connectivity index (χ0v) is 9.37. The summed E-state index contributed by atoms with van der Waals surface area (Å²) in [5.74, 6) is -2.00. The molecule has 1 aromatic heterocycles. The Balaban J connectivity index is 3.21. The molecule has 12 heteroatoms. The Morgan fingerprint density at radius 3 is 1.72 bits per heavy atom. The number of nitrogens with zero attached hydrogens (tertiary/aromatic N) is 2. The average molecular weight is 316 g/mol. The molecular formula is C6F8N2S2. The van der Waals surface area contributed by atoms with Gasteiger partial charge in [0.05, 0.1) is 0 Å². The van der Waals surface area contributed by atoms with Crippen LogP contribution in [0, 0.1) is 12.0 Å². The number of hydrogen-bond donors (Lipinski definition) is 0. The SMILES string of the molecule is Fc1nc(F)c(SC(F)(F)F)c(SC(F)(F)F)n1. The van der Waals surface area contributed by atoms with E-state index >= 15 is 0 Å². The predicted octanol–water partition coefficient (Wildman–Crippen LogP) is 3.98. The Bertz CT molecular complexity index is 442. The lowest BCUT2D eigenvalue weighted by atomic mass is 10.6. The van der Waals surface area contributed by atoms with Crippen molar-refractivity contribution in [2.24, 2.45) is 0 Å². The third kappa shape index (κ3) is 4.84. The van der Waals surface area contributed by atoms with Crippen molar-refractivity contribution in [2.45, 2.75) is 20.9 Å². The van der Waals surface area contributed by atoms with E-state index in [1.54, 1.807) is 0 Å². The summed E-state index contributed by atoms with van der Waals surface area (Å²) in [6, 6.07) is 0. The summed E-state index contributed by atoms with van der Waals surface area (Å²) in [7, 11) is 0. The molecule has 0 atom stereocenters. The number of alkyl halides is 6. The summed E-state index contributed by atoms with van der Waals surface area (Å²) in [6.45, 7) is 0. The lowest BCUT2D eigenvalue weighted by Crippen LogP contribution is -2.08. The number of aromatic nitrogens is 2. The van der Waals surface area contributed by atoms with Crippen LogP contribution in [0.15, 0.2) is 9.92 Å². The van der Waals surface area contributed by atoms with Crippen LogP contribution in [0.2, 0.25) is 0 Å². The zero-order chi connectivity index (χ0) is 14.1. The molecule has 18 heavy (non-hydrogen) atoms. The monoisotopic (exact) mass is 316 g/mol. The van der Waals surface area contributed by atoms with Gasteiger partial charge in [0.25, 0.3) is 0 Å². The minimum atomic E-state index is -5.05. The molecule has 0 radical (unpaired) electrons. The molecule has 2 nitrogen and oxygen atoms in total. The van der Waals surface area contributed by atoms with E-state index in [1.165, 1.54) is 0 Å². The summed E-state index contributed by atoms with van der Waals surface area (Å²) in [5.41, 5.74) is -10.1. The highest BCUT2D eigenvalue weighted by atomic mass is 32.2. The molecule has 0 unspecified atom stereocenters. The Morgan fingerprint density at radius 2 is 1.28 bits per heavy atom. The molecule has 0 aliphatic rings. The minimum Gasteiger partial charge on any atom is -0.194 e. The highest BCUT2D eigenvalue weighted by Crippen LogP contribution is 2.45. The third-order valence-corrected chi connectivity index (χ3v) is 2.84. The van der Waals surface area contributed by atoms with E-state index in [0.29, 0.717) is 0 Å². The normalized spacial score (nSPS) is 12.9. The summed E-state index contributed by atoms with van der Waals surface area (Å²) in [5, 5.41) is -1.48. The summed E-state index contributed by atoms with van der Waals surface area (Å²) < 4.78 is 97.3. The molecule has 0 aliphatic carbocycles. The van der Waals surface area contributed by atoms with Crippen molar-refractivity contribution in [3.05, 3.63) is 12.0 Å². The van der Waals surface area contributed by atoms with E-state index in [-0.39, 0.29) is 0 Å². The van der Waals surface area contributed by atoms with Gasteiger partial charge < -0.3 is 0 Å². The van der Waals surface area contributed by atoms with E-state index in [0.717, 1.165) is 0 Å². The first-order valence-electron chi connectivity index (χ1n) is 3.72. The van der Waals surface area contributed by atoms with E-state index in [9.17, 15) is 35.1 Å². The first-order chi connectivity index (χ1) is 7.98. The van der Waals surface area contributed by atoms with E-state index in [2.05, 4.69) is 9.97 Å².